The number of carbonyl (C=O) groups excluding carboxylic acids is 1. The van der Waals surface area contributed by atoms with Crippen LogP contribution in [0, 0.1) is 0 Å². The van der Waals surface area contributed by atoms with Crippen LogP contribution in [0.1, 0.15) is 61.9 Å². The molecule has 1 amide bonds. The highest BCUT2D eigenvalue weighted by Crippen LogP contribution is 2.21. The summed E-state index contributed by atoms with van der Waals surface area (Å²) in [5.41, 5.74) is 0.500. The van der Waals surface area contributed by atoms with E-state index in [4.69, 9.17) is 0 Å². The first-order chi connectivity index (χ1) is 10.8. The first-order valence-corrected chi connectivity index (χ1v) is 8.67. The molecule has 1 N–H and O–H groups in total. The summed E-state index contributed by atoms with van der Waals surface area (Å²) >= 11 is 0. The Morgan fingerprint density at radius 3 is 2.77 bits per heavy atom. The van der Waals surface area contributed by atoms with E-state index >= 15 is 0 Å². The van der Waals surface area contributed by atoms with Crippen molar-refractivity contribution in [2.24, 2.45) is 0 Å². The monoisotopic (exact) mass is 303 g/mol. The molecule has 1 aromatic heterocycles. The maximum Gasteiger partial charge on any atom is 0.269 e. The molecule has 4 nitrogen and oxygen atoms in total. The van der Waals surface area contributed by atoms with Crippen molar-refractivity contribution in [2.75, 3.05) is 20.1 Å². The van der Waals surface area contributed by atoms with Crippen LogP contribution in [0.4, 0.5) is 0 Å². The van der Waals surface area contributed by atoms with Gasteiger partial charge in [-0.2, -0.15) is 0 Å². The third-order valence-electron chi connectivity index (χ3n) is 4.57. The molecule has 1 aliphatic carbocycles. The van der Waals surface area contributed by atoms with E-state index in [1.54, 1.807) is 12.3 Å². The summed E-state index contributed by atoms with van der Waals surface area (Å²) in [6.07, 6.45) is 12.0. The molecule has 0 aliphatic heterocycles. The van der Waals surface area contributed by atoms with Crippen LogP contribution in [0.2, 0.25) is 0 Å². The minimum atomic E-state index is -0.0695. The molecule has 0 saturated heterocycles. The molecule has 0 unspecified atom stereocenters. The molecule has 0 radical (unpaired) electrons. The van der Waals surface area contributed by atoms with E-state index in [2.05, 4.69) is 22.2 Å². The van der Waals surface area contributed by atoms with Gasteiger partial charge >= 0.3 is 0 Å². The molecule has 122 valence electrons. The number of pyridine rings is 1. The molecule has 0 spiro atoms. The Balaban J connectivity index is 1.51. The molecule has 0 aromatic carbocycles. The number of nitrogens with zero attached hydrogens (tertiary/aromatic N) is 2. The second-order valence-corrected chi connectivity index (χ2v) is 6.30. The number of carbonyl (C=O) groups is 1. The number of hydrogen-bond acceptors (Lipinski definition) is 3. The van der Waals surface area contributed by atoms with Crippen molar-refractivity contribution in [3.8, 4) is 0 Å². The van der Waals surface area contributed by atoms with Crippen LogP contribution in [-0.2, 0) is 0 Å². The van der Waals surface area contributed by atoms with Crippen molar-refractivity contribution < 1.29 is 4.79 Å². The van der Waals surface area contributed by atoms with Crippen molar-refractivity contribution in [1.82, 2.24) is 15.2 Å². The van der Waals surface area contributed by atoms with Crippen molar-refractivity contribution in [3.63, 3.8) is 0 Å². The Bertz CT molecular complexity index is 429. The first kappa shape index (κ1) is 16.9. The lowest BCUT2D eigenvalue weighted by Crippen LogP contribution is -2.34. The molecule has 1 aliphatic rings. The van der Waals surface area contributed by atoms with Crippen molar-refractivity contribution in [3.05, 3.63) is 30.1 Å². The van der Waals surface area contributed by atoms with Gasteiger partial charge in [-0.1, -0.05) is 31.7 Å². The third kappa shape index (κ3) is 5.76. The molecule has 1 fully saturated rings. The Morgan fingerprint density at radius 2 is 2.05 bits per heavy atom. The van der Waals surface area contributed by atoms with Gasteiger partial charge in [-0.3, -0.25) is 9.78 Å². The smallest absolute Gasteiger partial charge is 0.269 e. The standard InChI is InChI=1S/C18H29N3O/c1-21(16-10-4-2-5-11-16)15-9-3-7-14-20-18(22)17-12-6-8-13-19-17/h6,8,12-13,16H,2-5,7,9-11,14-15H2,1H3,(H,20,22). The van der Waals surface area contributed by atoms with Crippen LogP contribution in [-0.4, -0.2) is 42.0 Å². The lowest BCUT2D eigenvalue weighted by Gasteiger charge is -2.31. The van der Waals surface area contributed by atoms with E-state index in [9.17, 15) is 4.79 Å². The molecule has 2 rings (SSSR count). The molecular formula is C18H29N3O. The van der Waals surface area contributed by atoms with Gasteiger partial charge in [0.15, 0.2) is 0 Å². The fourth-order valence-electron chi connectivity index (χ4n) is 3.16. The molecule has 22 heavy (non-hydrogen) atoms. The van der Waals surface area contributed by atoms with E-state index in [-0.39, 0.29) is 5.91 Å². The number of aromatic nitrogens is 1. The van der Waals surface area contributed by atoms with Crippen LogP contribution in [0.15, 0.2) is 24.4 Å². The van der Waals surface area contributed by atoms with Crippen LogP contribution in [0.3, 0.4) is 0 Å². The van der Waals surface area contributed by atoms with Gasteiger partial charge in [0.1, 0.15) is 5.69 Å². The van der Waals surface area contributed by atoms with Gasteiger partial charge < -0.3 is 10.2 Å². The zero-order valence-electron chi connectivity index (χ0n) is 13.8. The Labute approximate surface area is 134 Å². The molecule has 0 bridgehead atoms. The van der Waals surface area contributed by atoms with E-state index in [1.165, 1.54) is 51.5 Å². The minimum Gasteiger partial charge on any atom is -0.351 e. The summed E-state index contributed by atoms with van der Waals surface area (Å²) in [6.45, 7) is 1.92. The Hall–Kier alpha value is -1.42. The second-order valence-electron chi connectivity index (χ2n) is 6.30. The van der Waals surface area contributed by atoms with Crippen molar-refractivity contribution >= 4 is 5.91 Å². The summed E-state index contributed by atoms with van der Waals surface area (Å²) < 4.78 is 0. The topological polar surface area (TPSA) is 45.2 Å². The largest absolute Gasteiger partial charge is 0.351 e. The SMILES string of the molecule is CN(CCCCCNC(=O)c1ccccn1)C1CCCCC1. The van der Waals surface area contributed by atoms with E-state index in [1.807, 2.05) is 12.1 Å². The van der Waals surface area contributed by atoms with Crippen LogP contribution < -0.4 is 5.32 Å². The number of nitrogens with one attached hydrogen (secondary N) is 1. The van der Waals surface area contributed by atoms with Crippen LogP contribution in [0.25, 0.3) is 0 Å². The molecule has 1 aromatic rings. The van der Waals surface area contributed by atoms with Gasteiger partial charge in [-0.15, -0.1) is 0 Å². The van der Waals surface area contributed by atoms with Gasteiger partial charge in [0, 0.05) is 18.8 Å². The fraction of sp³-hybridized carbons (Fsp3) is 0.667. The van der Waals surface area contributed by atoms with E-state index in [0.29, 0.717) is 5.69 Å². The molecule has 4 heteroatoms. The zero-order valence-corrected chi connectivity index (χ0v) is 13.8. The fourth-order valence-corrected chi connectivity index (χ4v) is 3.16. The summed E-state index contributed by atoms with van der Waals surface area (Å²) in [5, 5.41) is 2.94. The summed E-state index contributed by atoms with van der Waals surface area (Å²) in [4.78, 5) is 18.4. The van der Waals surface area contributed by atoms with Gasteiger partial charge in [-0.05, 0) is 51.4 Å². The van der Waals surface area contributed by atoms with Gasteiger partial charge in [0.05, 0.1) is 0 Å². The summed E-state index contributed by atoms with van der Waals surface area (Å²) in [5.74, 6) is -0.0695. The number of amides is 1. The van der Waals surface area contributed by atoms with Crippen LogP contribution >= 0.6 is 0 Å². The molecule has 1 saturated carbocycles. The highest BCUT2D eigenvalue weighted by atomic mass is 16.1. The summed E-state index contributed by atoms with van der Waals surface area (Å²) in [6, 6.07) is 6.20. The lowest BCUT2D eigenvalue weighted by atomic mass is 9.94. The highest BCUT2D eigenvalue weighted by Gasteiger charge is 2.17. The maximum absolute atomic E-state index is 11.8. The molecule has 1 heterocycles. The van der Waals surface area contributed by atoms with Crippen molar-refractivity contribution in [2.45, 2.75) is 57.4 Å². The predicted molar refractivity (Wildman–Crippen MR) is 89.9 cm³/mol. The normalized spacial score (nSPS) is 15.9. The highest BCUT2D eigenvalue weighted by molar-refractivity contribution is 5.92. The maximum atomic E-state index is 11.8. The number of unbranched alkanes of at least 4 members (excludes halogenated alkanes) is 2. The first-order valence-electron chi connectivity index (χ1n) is 8.67. The number of rotatable bonds is 8. The van der Waals surface area contributed by atoms with Gasteiger partial charge in [0.2, 0.25) is 0 Å². The van der Waals surface area contributed by atoms with Gasteiger partial charge in [0.25, 0.3) is 5.91 Å². The zero-order chi connectivity index (χ0) is 15.6. The Kier molecular flexibility index (Phi) is 7.37. The second kappa shape index (κ2) is 9.57. The molecular weight excluding hydrogens is 274 g/mol. The van der Waals surface area contributed by atoms with Gasteiger partial charge in [-0.25, -0.2) is 0 Å². The van der Waals surface area contributed by atoms with E-state index in [0.717, 1.165) is 19.0 Å². The predicted octanol–water partition coefficient (Wildman–Crippen LogP) is 3.25. The minimum absolute atomic E-state index is 0.0695. The lowest BCUT2D eigenvalue weighted by molar-refractivity contribution is 0.0948. The van der Waals surface area contributed by atoms with Crippen molar-refractivity contribution in [1.29, 1.82) is 0 Å². The average molecular weight is 303 g/mol. The average Bonchev–Trinajstić information content (AvgIpc) is 2.59. The summed E-state index contributed by atoms with van der Waals surface area (Å²) in [7, 11) is 2.26. The quantitative estimate of drug-likeness (QED) is 0.750. The van der Waals surface area contributed by atoms with E-state index < -0.39 is 0 Å². The van der Waals surface area contributed by atoms with Crippen LogP contribution in [0.5, 0.6) is 0 Å². The Morgan fingerprint density at radius 1 is 1.23 bits per heavy atom. The third-order valence-corrected chi connectivity index (χ3v) is 4.57. The number of hydrogen-bond donors (Lipinski definition) is 1. The molecule has 0 atom stereocenters.